The van der Waals surface area contributed by atoms with E-state index in [9.17, 15) is 13.6 Å². The van der Waals surface area contributed by atoms with Crippen molar-refractivity contribution in [3.8, 4) is 6.07 Å². The van der Waals surface area contributed by atoms with Crippen LogP contribution in [0.4, 0.5) is 8.78 Å². The molecule has 0 fully saturated rings. The molecular formula is C11H9F2NO2. The average Bonchev–Trinajstić information content (AvgIpc) is 2.23. The Balaban J connectivity index is 2.95. The second-order valence-corrected chi connectivity index (χ2v) is 3.02. The Hall–Kier alpha value is -1.96. The Bertz CT molecular complexity index is 452. The molecule has 0 heterocycles. The first-order valence-electron chi connectivity index (χ1n) is 4.62. The van der Waals surface area contributed by atoms with Gasteiger partial charge in [-0.15, -0.1) is 0 Å². The number of carbonyl (C=O) groups is 1. The van der Waals surface area contributed by atoms with Crippen LogP contribution in [0.2, 0.25) is 0 Å². The van der Waals surface area contributed by atoms with Gasteiger partial charge in [-0.25, -0.2) is 8.78 Å². The van der Waals surface area contributed by atoms with Crippen LogP contribution < -0.4 is 0 Å². The van der Waals surface area contributed by atoms with Crippen molar-refractivity contribution in [2.24, 2.45) is 0 Å². The van der Waals surface area contributed by atoms with Crippen LogP contribution in [0.3, 0.4) is 0 Å². The lowest BCUT2D eigenvalue weighted by Crippen LogP contribution is -2.09. The summed E-state index contributed by atoms with van der Waals surface area (Å²) in [5.74, 6) is -2.26. The van der Waals surface area contributed by atoms with Crippen LogP contribution in [0.1, 0.15) is 18.1 Å². The molecule has 0 atom stereocenters. The third kappa shape index (κ3) is 2.76. The van der Waals surface area contributed by atoms with Gasteiger partial charge in [-0.2, -0.15) is 5.26 Å². The van der Waals surface area contributed by atoms with E-state index in [1.165, 1.54) is 6.07 Å². The van der Waals surface area contributed by atoms with Crippen molar-refractivity contribution in [3.05, 3.63) is 34.9 Å². The van der Waals surface area contributed by atoms with Gasteiger partial charge in [0, 0.05) is 5.56 Å². The summed E-state index contributed by atoms with van der Waals surface area (Å²) in [5.41, 5.74) is -0.500. The number of carbonyl (C=O) groups excluding carboxylic acids is 1. The molecule has 0 aromatic heterocycles. The molecular weight excluding hydrogens is 216 g/mol. The lowest BCUT2D eigenvalue weighted by molar-refractivity contribution is -0.142. The molecule has 0 aliphatic rings. The normalized spacial score (nSPS) is 9.62. The summed E-state index contributed by atoms with van der Waals surface area (Å²) >= 11 is 0. The summed E-state index contributed by atoms with van der Waals surface area (Å²) in [6.07, 6.45) is -0.345. The zero-order chi connectivity index (χ0) is 12.1. The maximum Gasteiger partial charge on any atom is 0.310 e. The Morgan fingerprint density at radius 2 is 2.12 bits per heavy atom. The second-order valence-electron chi connectivity index (χ2n) is 3.02. The molecule has 1 aromatic rings. The van der Waals surface area contributed by atoms with Gasteiger partial charge in [0.15, 0.2) is 0 Å². The van der Waals surface area contributed by atoms with Crippen LogP contribution in [-0.4, -0.2) is 12.6 Å². The molecule has 0 aliphatic carbocycles. The molecule has 0 saturated carbocycles. The number of ether oxygens (including phenoxy) is 1. The molecule has 0 saturated heterocycles. The lowest BCUT2D eigenvalue weighted by atomic mass is 10.1. The molecule has 0 N–H and O–H groups in total. The topological polar surface area (TPSA) is 50.1 Å². The Morgan fingerprint density at radius 3 is 2.69 bits per heavy atom. The van der Waals surface area contributed by atoms with Gasteiger partial charge in [0.2, 0.25) is 0 Å². The highest BCUT2D eigenvalue weighted by Crippen LogP contribution is 2.15. The van der Waals surface area contributed by atoms with Crippen LogP contribution in [0.5, 0.6) is 0 Å². The second kappa shape index (κ2) is 5.21. The van der Waals surface area contributed by atoms with E-state index in [1.54, 1.807) is 6.92 Å². The smallest absolute Gasteiger partial charge is 0.310 e. The third-order valence-electron chi connectivity index (χ3n) is 1.90. The highest BCUT2D eigenvalue weighted by atomic mass is 19.1. The van der Waals surface area contributed by atoms with Gasteiger partial charge in [0.05, 0.1) is 18.6 Å². The van der Waals surface area contributed by atoms with Gasteiger partial charge in [-0.05, 0) is 19.1 Å². The van der Waals surface area contributed by atoms with Crippen LogP contribution >= 0.6 is 0 Å². The standard InChI is InChI=1S/C11H9F2NO2/c1-2-16-11(15)5-7-3-10(13)8(6-14)4-9(7)12/h3-4H,2,5H2,1H3. The van der Waals surface area contributed by atoms with E-state index in [4.69, 9.17) is 5.26 Å². The molecule has 3 nitrogen and oxygen atoms in total. The van der Waals surface area contributed by atoms with Crippen LogP contribution in [0.25, 0.3) is 0 Å². The van der Waals surface area contributed by atoms with E-state index in [0.717, 1.165) is 12.1 Å². The molecule has 1 aromatic carbocycles. The number of benzene rings is 1. The van der Waals surface area contributed by atoms with Gasteiger partial charge < -0.3 is 4.74 Å². The number of nitrogens with zero attached hydrogens (tertiary/aromatic N) is 1. The van der Waals surface area contributed by atoms with Crippen molar-refractivity contribution >= 4 is 5.97 Å². The molecule has 84 valence electrons. The first kappa shape index (κ1) is 12.1. The van der Waals surface area contributed by atoms with Crippen LogP contribution in [-0.2, 0) is 16.0 Å². The predicted molar refractivity (Wildman–Crippen MR) is 51.4 cm³/mol. The molecule has 0 aliphatic heterocycles. The fourth-order valence-electron chi connectivity index (χ4n) is 1.18. The molecule has 1 rings (SSSR count). The summed E-state index contributed by atoms with van der Waals surface area (Å²) in [7, 11) is 0. The zero-order valence-electron chi connectivity index (χ0n) is 8.59. The van der Waals surface area contributed by atoms with Gasteiger partial charge in [-0.3, -0.25) is 4.79 Å². The number of nitriles is 1. The third-order valence-corrected chi connectivity index (χ3v) is 1.90. The van der Waals surface area contributed by atoms with Crippen molar-refractivity contribution in [1.82, 2.24) is 0 Å². The average molecular weight is 225 g/mol. The van der Waals surface area contributed by atoms with Gasteiger partial charge >= 0.3 is 5.97 Å². The van der Waals surface area contributed by atoms with Gasteiger partial charge in [-0.1, -0.05) is 0 Å². The van der Waals surface area contributed by atoms with Crippen molar-refractivity contribution in [2.45, 2.75) is 13.3 Å². The molecule has 5 heteroatoms. The predicted octanol–water partition coefficient (Wildman–Crippen LogP) is 1.94. The number of hydrogen-bond donors (Lipinski definition) is 0. The number of esters is 1. The summed E-state index contributed by atoms with van der Waals surface area (Å²) < 4.78 is 31.0. The van der Waals surface area contributed by atoms with Gasteiger partial charge in [0.1, 0.15) is 17.7 Å². The Labute approximate surface area is 91.3 Å². The first-order chi connectivity index (χ1) is 7.58. The maximum atomic E-state index is 13.3. The summed E-state index contributed by atoms with van der Waals surface area (Å²) in [6, 6.07) is 3.12. The van der Waals surface area contributed by atoms with E-state index in [2.05, 4.69) is 4.74 Å². The Kier molecular flexibility index (Phi) is 3.95. The summed E-state index contributed by atoms with van der Waals surface area (Å²) in [6.45, 7) is 1.80. The zero-order valence-corrected chi connectivity index (χ0v) is 8.59. The largest absolute Gasteiger partial charge is 0.466 e. The van der Waals surface area contributed by atoms with E-state index >= 15 is 0 Å². The quantitative estimate of drug-likeness (QED) is 0.738. The molecule has 0 bridgehead atoms. The Morgan fingerprint density at radius 1 is 1.44 bits per heavy atom. The van der Waals surface area contributed by atoms with Crippen LogP contribution in [0.15, 0.2) is 12.1 Å². The molecule has 0 amide bonds. The number of rotatable bonds is 3. The van der Waals surface area contributed by atoms with E-state index in [0.29, 0.717) is 0 Å². The molecule has 0 unspecified atom stereocenters. The van der Waals surface area contributed by atoms with Gasteiger partial charge in [0.25, 0.3) is 0 Å². The fraction of sp³-hybridized carbons (Fsp3) is 0.273. The van der Waals surface area contributed by atoms with Crippen molar-refractivity contribution in [1.29, 1.82) is 5.26 Å². The van der Waals surface area contributed by atoms with Crippen molar-refractivity contribution in [2.75, 3.05) is 6.61 Å². The lowest BCUT2D eigenvalue weighted by Gasteiger charge is -2.04. The molecule has 16 heavy (non-hydrogen) atoms. The maximum absolute atomic E-state index is 13.3. The number of halogens is 2. The van der Waals surface area contributed by atoms with Crippen molar-refractivity contribution < 1.29 is 18.3 Å². The van der Waals surface area contributed by atoms with Crippen molar-refractivity contribution in [3.63, 3.8) is 0 Å². The summed E-state index contributed by atoms with van der Waals surface area (Å²) in [5, 5.41) is 8.45. The van der Waals surface area contributed by atoms with E-state index < -0.39 is 17.6 Å². The molecule has 0 radical (unpaired) electrons. The minimum Gasteiger partial charge on any atom is -0.466 e. The highest BCUT2D eigenvalue weighted by molar-refractivity contribution is 5.72. The minimum atomic E-state index is -0.844. The summed E-state index contributed by atoms with van der Waals surface area (Å²) in [4.78, 5) is 11.1. The highest BCUT2D eigenvalue weighted by Gasteiger charge is 2.13. The number of hydrogen-bond acceptors (Lipinski definition) is 3. The van der Waals surface area contributed by atoms with E-state index in [1.807, 2.05) is 0 Å². The first-order valence-corrected chi connectivity index (χ1v) is 4.62. The van der Waals surface area contributed by atoms with Crippen LogP contribution in [0, 0.1) is 23.0 Å². The van der Waals surface area contributed by atoms with E-state index in [-0.39, 0.29) is 24.2 Å². The molecule has 0 spiro atoms. The SMILES string of the molecule is CCOC(=O)Cc1cc(F)c(C#N)cc1F. The fourth-order valence-corrected chi connectivity index (χ4v) is 1.18. The minimum absolute atomic E-state index is 0.116. The monoisotopic (exact) mass is 225 g/mol.